The Bertz CT molecular complexity index is 1130. The lowest BCUT2D eigenvalue weighted by Crippen LogP contribution is -2.58. The molecule has 2 aromatic heterocycles. The van der Waals surface area contributed by atoms with Crippen LogP contribution >= 0.6 is 22.7 Å². The Balaban J connectivity index is 1.20. The van der Waals surface area contributed by atoms with Gasteiger partial charge in [0.1, 0.15) is 0 Å². The van der Waals surface area contributed by atoms with E-state index >= 15 is 0 Å². The standard InChI is InChI=1S/C30H39N2O2S2/c1-32(2,19-16-27-21-23(22-36-27)28-13-8-20-35-28)26-14-17-31(18-15-26)29(33)30(34,25-11-6-7-12-25)24-9-4-3-5-10-24/h3-5,8-10,13,20-22,25-26,34H,6-7,11-12,14-19H2,1-2H3/q+1/t30-/m0/s1. The van der Waals surface area contributed by atoms with Crippen LogP contribution < -0.4 is 0 Å². The van der Waals surface area contributed by atoms with E-state index in [0.29, 0.717) is 6.04 Å². The number of nitrogens with zero attached hydrogens (tertiary/aromatic N) is 2. The highest BCUT2D eigenvalue weighted by atomic mass is 32.1. The summed E-state index contributed by atoms with van der Waals surface area (Å²) in [4.78, 5) is 18.6. The highest BCUT2D eigenvalue weighted by Crippen LogP contribution is 2.42. The van der Waals surface area contributed by atoms with E-state index in [1.54, 1.807) is 11.3 Å². The van der Waals surface area contributed by atoms with E-state index in [0.717, 1.165) is 74.6 Å². The van der Waals surface area contributed by atoms with Gasteiger partial charge in [-0.25, -0.2) is 0 Å². The van der Waals surface area contributed by atoms with Gasteiger partial charge < -0.3 is 14.5 Å². The molecule has 0 unspecified atom stereocenters. The van der Waals surface area contributed by atoms with E-state index in [4.69, 9.17) is 0 Å². The number of carbonyl (C=O) groups excluding carboxylic acids is 1. The topological polar surface area (TPSA) is 40.5 Å². The van der Waals surface area contributed by atoms with Gasteiger partial charge in [0.05, 0.1) is 26.7 Å². The van der Waals surface area contributed by atoms with Crippen molar-refractivity contribution < 1.29 is 14.4 Å². The SMILES string of the molecule is C[N+](C)(CCc1cc(-c2cccs2)cs1)C1CCN(C(=O)[C@](O)(c2ccccc2)C2CCCC2)CC1. The molecule has 2 fully saturated rings. The number of likely N-dealkylation sites (N-methyl/N-ethyl adjacent to an activating group) is 1. The Kier molecular flexibility index (Phi) is 7.68. The van der Waals surface area contributed by atoms with Crippen molar-refractivity contribution in [3.05, 3.63) is 69.7 Å². The highest BCUT2D eigenvalue weighted by Gasteiger charge is 2.49. The van der Waals surface area contributed by atoms with Crippen LogP contribution in [0.15, 0.2) is 59.3 Å². The highest BCUT2D eigenvalue weighted by molar-refractivity contribution is 7.14. The van der Waals surface area contributed by atoms with Gasteiger partial charge in [-0.3, -0.25) is 4.79 Å². The summed E-state index contributed by atoms with van der Waals surface area (Å²) >= 11 is 3.67. The zero-order chi connectivity index (χ0) is 25.2. The van der Waals surface area contributed by atoms with E-state index < -0.39 is 5.60 Å². The molecule has 0 spiro atoms. The number of carbonyl (C=O) groups is 1. The Morgan fingerprint density at radius 3 is 2.42 bits per heavy atom. The molecule has 192 valence electrons. The van der Waals surface area contributed by atoms with Crippen LogP contribution in [-0.2, 0) is 16.8 Å². The van der Waals surface area contributed by atoms with Crippen LogP contribution in [0.25, 0.3) is 10.4 Å². The second-order valence-electron chi connectivity index (χ2n) is 11.2. The molecule has 0 bridgehead atoms. The molecule has 1 aliphatic heterocycles. The Morgan fingerprint density at radius 2 is 1.75 bits per heavy atom. The van der Waals surface area contributed by atoms with Crippen molar-refractivity contribution in [3.8, 4) is 10.4 Å². The zero-order valence-electron chi connectivity index (χ0n) is 21.6. The van der Waals surface area contributed by atoms with Crippen molar-refractivity contribution in [2.45, 2.75) is 56.6 Å². The van der Waals surface area contributed by atoms with Gasteiger partial charge in [0.15, 0.2) is 5.60 Å². The minimum atomic E-state index is -1.39. The molecule has 4 nitrogen and oxygen atoms in total. The number of amides is 1. The third-order valence-corrected chi connectivity index (χ3v) is 10.5. The van der Waals surface area contributed by atoms with Crippen LogP contribution in [0.1, 0.15) is 49.0 Å². The molecule has 0 radical (unpaired) electrons. The number of rotatable bonds is 8. The fraction of sp³-hybridized carbons (Fsp3) is 0.500. The molecule has 3 aromatic rings. The van der Waals surface area contributed by atoms with Crippen molar-refractivity contribution in [2.75, 3.05) is 33.7 Å². The van der Waals surface area contributed by atoms with E-state index in [1.807, 2.05) is 46.6 Å². The fourth-order valence-electron chi connectivity index (χ4n) is 6.24. The average molecular weight is 524 g/mol. The van der Waals surface area contributed by atoms with Crippen LogP contribution in [0.4, 0.5) is 0 Å². The first-order valence-electron chi connectivity index (χ1n) is 13.4. The number of hydrogen-bond donors (Lipinski definition) is 1. The number of likely N-dealkylation sites (tertiary alicyclic amines) is 1. The Labute approximate surface area is 223 Å². The van der Waals surface area contributed by atoms with Gasteiger partial charge in [0, 0.05) is 53.6 Å². The second-order valence-corrected chi connectivity index (χ2v) is 13.1. The number of benzene rings is 1. The molecule has 1 aromatic carbocycles. The minimum absolute atomic E-state index is 0.0159. The zero-order valence-corrected chi connectivity index (χ0v) is 23.2. The van der Waals surface area contributed by atoms with Crippen molar-refractivity contribution >= 4 is 28.6 Å². The quantitative estimate of drug-likeness (QED) is 0.359. The van der Waals surface area contributed by atoms with E-state index in [2.05, 4.69) is 43.1 Å². The van der Waals surface area contributed by atoms with E-state index in [9.17, 15) is 9.90 Å². The lowest BCUT2D eigenvalue weighted by molar-refractivity contribution is -0.916. The number of hydrogen-bond acceptors (Lipinski definition) is 4. The van der Waals surface area contributed by atoms with Gasteiger partial charge in [-0.15, -0.1) is 22.7 Å². The van der Waals surface area contributed by atoms with Gasteiger partial charge in [-0.1, -0.05) is 49.2 Å². The van der Waals surface area contributed by atoms with Gasteiger partial charge >= 0.3 is 0 Å². The molecular weight excluding hydrogens is 484 g/mol. The smallest absolute Gasteiger partial charge is 0.259 e. The lowest BCUT2D eigenvalue weighted by Gasteiger charge is -2.45. The molecule has 3 heterocycles. The molecule has 1 aliphatic carbocycles. The van der Waals surface area contributed by atoms with Gasteiger partial charge in [-0.2, -0.15) is 0 Å². The van der Waals surface area contributed by atoms with Crippen LogP contribution in [0, 0.1) is 5.92 Å². The molecule has 1 saturated carbocycles. The normalized spacial score (nSPS) is 19.5. The maximum Gasteiger partial charge on any atom is 0.259 e. The fourth-order valence-corrected chi connectivity index (χ4v) is 7.91. The monoisotopic (exact) mass is 523 g/mol. The predicted octanol–water partition coefficient (Wildman–Crippen LogP) is 6.16. The van der Waals surface area contributed by atoms with Crippen molar-refractivity contribution in [1.82, 2.24) is 4.90 Å². The molecule has 5 rings (SSSR count). The van der Waals surface area contributed by atoms with Crippen molar-refractivity contribution in [3.63, 3.8) is 0 Å². The third-order valence-electron chi connectivity index (χ3n) is 8.62. The number of aliphatic hydroxyl groups is 1. The summed E-state index contributed by atoms with van der Waals surface area (Å²) in [6.07, 6.45) is 7.10. The predicted molar refractivity (Wildman–Crippen MR) is 150 cm³/mol. The molecule has 1 atom stereocenters. The first-order valence-corrected chi connectivity index (χ1v) is 15.1. The number of thiophene rings is 2. The van der Waals surface area contributed by atoms with Gasteiger partial charge in [0.25, 0.3) is 5.91 Å². The Morgan fingerprint density at radius 1 is 1.03 bits per heavy atom. The third kappa shape index (κ3) is 5.19. The van der Waals surface area contributed by atoms with E-state index in [-0.39, 0.29) is 11.8 Å². The summed E-state index contributed by atoms with van der Waals surface area (Å²) in [7, 11) is 4.68. The van der Waals surface area contributed by atoms with Gasteiger partial charge in [-0.05, 0) is 41.3 Å². The maximum absolute atomic E-state index is 13.8. The summed E-state index contributed by atoms with van der Waals surface area (Å²) in [5.74, 6) is -0.0636. The lowest BCUT2D eigenvalue weighted by atomic mass is 9.78. The molecule has 1 amide bonds. The van der Waals surface area contributed by atoms with Gasteiger partial charge in [0.2, 0.25) is 0 Å². The molecule has 1 saturated heterocycles. The first kappa shape index (κ1) is 25.7. The molecule has 2 aliphatic rings. The molecule has 1 N–H and O–H groups in total. The van der Waals surface area contributed by atoms with Crippen molar-refractivity contribution in [2.24, 2.45) is 5.92 Å². The Hall–Kier alpha value is -1.99. The largest absolute Gasteiger partial charge is 0.375 e. The van der Waals surface area contributed by atoms with Crippen molar-refractivity contribution in [1.29, 1.82) is 0 Å². The van der Waals surface area contributed by atoms with Crippen LogP contribution in [0.3, 0.4) is 0 Å². The van der Waals surface area contributed by atoms with Crippen LogP contribution in [0.2, 0.25) is 0 Å². The first-order chi connectivity index (χ1) is 17.4. The van der Waals surface area contributed by atoms with E-state index in [1.165, 1.54) is 15.3 Å². The maximum atomic E-state index is 13.8. The second kappa shape index (κ2) is 10.8. The summed E-state index contributed by atoms with van der Waals surface area (Å²) in [5.41, 5.74) is 0.710. The molecule has 6 heteroatoms. The molecule has 36 heavy (non-hydrogen) atoms. The van der Waals surface area contributed by atoms with Crippen LogP contribution in [0.5, 0.6) is 0 Å². The molecular formula is C30H39N2O2S2+. The summed E-state index contributed by atoms with van der Waals surface area (Å²) in [6.45, 7) is 2.56. The average Bonchev–Trinajstić information content (AvgIpc) is 3.70. The van der Waals surface area contributed by atoms with Crippen LogP contribution in [-0.4, -0.2) is 60.2 Å². The number of piperidine rings is 1. The number of quaternary nitrogens is 1. The summed E-state index contributed by atoms with van der Waals surface area (Å²) in [6, 6.07) is 16.9. The summed E-state index contributed by atoms with van der Waals surface area (Å²) < 4.78 is 0.972. The summed E-state index contributed by atoms with van der Waals surface area (Å²) in [5, 5.41) is 16.3. The minimum Gasteiger partial charge on any atom is -0.375 e.